The Morgan fingerprint density at radius 2 is 1.51 bits per heavy atom. The number of halogens is 1. The molecule has 3 amide bonds. The van der Waals surface area contributed by atoms with Crippen LogP contribution in [-0.2, 0) is 20.8 Å². The molecule has 0 saturated heterocycles. The average molecular weight is 615 g/mol. The molecule has 0 aliphatic carbocycles. The first-order chi connectivity index (χ1) is 16.2. The van der Waals surface area contributed by atoms with Gasteiger partial charge in [0.15, 0.2) is 0 Å². The fourth-order valence-corrected chi connectivity index (χ4v) is 2.18. The molecule has 1 aromatic rings. The van der Waals surface area contributed by atoms with Crippen molar-refractivity contribution in [2.75, 3.05) is 6.54 Å². The Bertz CT molecular complexity index is 746. The fourth-order valence-electron chi connectivity index (χ4n) is 2.18. The zero-order valence-corrected chi connectivity index (χ0v) is 24.6. The van der Waals surface area contributed by atoms with Crippen LogP contribution in [0, 0.1) is 0 Å². The lowest BCUT2D eigenvalue weighted by Crippen LogP contribution is -2.35. The number of ether oxygens (including phenoxy) is 2. The quantitative estimate of drug-likeness (QED) is 0.190. The number of nitrogens with two attached hydrogens (primary N) is 1. The zero-order chi connectivity index (χ0) is 27.7. The smallest absolute Gasteiger partial charge is 0.408 e. The second-order valence-electron chi connectivity index (χ2n) is 9.01. The van der Waals surface area contributed by atoms with Gasteiger partial charge in [0, 0.05) is 13.5 Å². The molecule has 0 bridgehead atoms. The third-order valence-corrected chi connectivity index (χ3v) is 4.13. The van der Waals surface area contributed by atoms with E-state index in [1.54, 1.807) is 64.4 Å². The van der Waals surface area contributed by atoms with Crippen LogP contribution in [0.4, 0.5) is 9.59 Å². The largest absolute Gasteiger partial charge is 0.444 e. The number of hydrogen-bond donors (Lipinski definition) is 4. The number of unbranched alkanes of at least 4 members (excludes halogenated alkanes) is 1. The number of nitrogens with one attached hydrogen (secondary N) is 3. The van der Waals surface area contributed by atoms with E-state index in [1.807, 2.05) is 13.8 Å². The Balaban J connectivity index is 0. The Hall–Kier alpha value is -2.16. The number of aromatic nitrogens is 2. The van der Waals surface area contributed by atoms with Gasteiger partial charge in [-0.3, -0.25) is 8.32 Å². The van der Waals surface area contributed by atoms with Crippen LogP contribution in [-0.4, -0.2) is 46.0 Å². The topological polar surface area (TPSA) is 171 Å². The number of amides is 3. The van der Waals surface area contributed by atoms with E-state index in [9.17, 15) is 14.4 Å². The van der Waals surface area contributed by atoms with Crippen LogP contribution in [0.5, 0.6) is 0 Å². The van der Waals surface area contributed by atoms with Crippen molar-refractivity contribution >= 4 is 41.0 Å². The van der Waals surface area contributed by atoms with Gasteiger partial charge in [0.25, 0.3) is 0 Å². The van der Waals surface area contributed by atoms with E-state index >= 15 is 0 Å². The molecule has 0 spiro atoms. The predicted octanol–water partition coefficient (Wildman–Crippen LogP) is 4.29. The van der Waals surface area contributed by atoms with Crippen LogP contribution in [0.1, 0.15) is 99.4 Å². The maximum Gasteiger partial charge on any atom is 0.408 e. The second-order valence-corrected chi connectivity index (χ2v) is 9.55. The Kier molecular flexibility index (Phi) is 18.2. The molecule has 1 aromatic heterocycles. The maximum atomic E-state index is 12.1. The molecule has 0 aromatic carbocycles. The molecular formula is C22H43IN6O6. The van der Waals surface area contributed by atoms with Gasteiger partial charge in [0.05, 0.1) is 29.4 Å². The SMILES string of the molecule is CC.CC(=O)NI.CC(C)(C)OC(=O)NCCCCC(NC(=O)OC(C)(C)C)c1nnc(CN)o1. The van der Waals surface area contributed by atoms with Crippen LogP contribution >= 0.6 is 22.9 Å². The van der Waals surface area contributed by atoms with Crippen LogP contribution in [0.3, 0.4) is 0 Å². The van der Waals surface area contributed by atoms with Crippen molar-refractivity contribution in [1.82, 2.24) is 24.4 Å². The molecule has 0 aliphatic heterocycles. The summed E-state index contributed by atoms with van der Waals surface area (Å²) < 4.78 is 18.3. The molecule has 0 fully saturated rings. The maximum absolute atomic E-state index is 12.1. The van der Waals surface area contributed by atoms with Crippen molar-refractivity contribution in [2.24, 2.45) is 5.73 Å². The van der Waals surface area contributed by atoms with Crippen molar-refractivity contribution in [2.45, 2.75) is 105 Å². The summed E-state index contributed by atoms with van der Waals surface area (Å²) in [4.78, 5) is 33.4. The van der Waals surface area contributed by atoms with Gasteiger partial charge in [0.1, 0.15) is 17.2 Å². The molecule has 1 atom stereocenters. The molecular weight excluding hydrogens is 571 g/mol. The molecule has 1 rings (SSSR count). The fraction of sp³-hybridized carbons (Fsp3) is 0.773. The van der Waals surface area contributed by atoms with Gasteiger partial charge >= 0.3 is 12.2 Å². The first-order valence-electron chi connectivity index (χ1n) is 11.5. The second kappa shape index (κ2) is 18.2. The van der Waals surface area contributed by atoms with E-state index in [0.717, 1.165) is 0 Å². The van der Waals surface area contributed by atoms with Crippen molar-refractivity contribution in [1.29, 1.82) is 0 Å². The van der Waals surface area contributed by atoms with Crippen molar-refractivity contribution in [3.05, 3.63) is 11.8 Å². The highest BCUT2D eigenvalue weighted by molar-refractivity contribution is 14.1. The summed E-state index contributed by atoms with van der Waals surface area (Å²) in [7, 11) is 0. The number of hydrogen-bond acceptors (Lipinski definition) is 9. The molecule has 35 heavy (non-hydrogen) atoms. The molecule has 1 unspecified atom stereocenters. The van der Waals surface area contributed by atoms with E-state index < -0.39 is 29.4 Å². The highest BCUT2D eigenvalue weighted by Gasteiger charge is 2.24. The minimum absolute atomic E-state index is 0.00870. The van der Waals surface area contributed by atoms with Crippen molar-refractivity contribution in [3.8, 4) is 0 Å². The lowest BCUT2D eigenvalue weighted by molar-refractivity contribution is -0.116. The number of carbonyl (C=O) groups excluding carboxylic acids is 3. The van der Waals surface area contributed by atoms with Gasteiger partial charge in [-0.05, 0) is 60.8 Å². The third kappa shape index (κ3) is 20.9. The highest BCUT2D eigenvalue weighted by Crippen LogP contribution is 2.19. The molecule has 0 radical (unpaired) electrons. The van der Waals surface area contributed by atoms with Gasteiger partial charge in [0.2, 0.25) is 17.7 Å². The first-order valence-corrected chi connectivity index (χ1v) is 12.6. The van der Waals surface area contributed by atoms with Crippen molar-refractivity contribution in [3.63, 3.8) is 0 Å². The van der Waals surface area contributed by atoms with Gasteiger partial charge in [-0.25, -0.2) is 9.59 Å². The molecule has 12 nitrogen and oxygen atoms in total. The van der Waals surface area contributed by atoms with Crippen LogP contribution in [0.2, 0.25) is 0 Å². The molecule has 13 heteroatoms. The molecule has 0 aliphatic rings. The summed E-state index contributed by atoms with van der Waals surface area (Å²) in [6.07, 6.45) is 0.874. The lowest BCUT2D eigenvalue weighted by Gasteiger charge is -2.22. The van der Waals surface area contributed by atoms with Crippen LogP contribution < -0.4 is 19.9 Å². The molecule has 0 saturated carbocycles. The van der Waals surface area contributed by atoms with Gasteiger partial charge < -0.3 is 30.3 Å². The summed E-state index contributed by atoms with van der Waals surface area (Å²) in [5, 5.41) is 13.2. The van der Waals surface area contributed by atoms with Gasteiger partial charge in [-0.1, -0.05) is 13.8 Å². The summed E-state index contributed by atoms with van der Waals surface area (Å²) in [6, 6.07) is -0.510. The van der Waals surface area contributed by atoms with Crippen LogP contribution in [0.15, 0.2) is 4.42 Å². The van der Waals surface area contributed by atoms with E-state index in [4.69, 9.17) is 19.6 Å². The monoisotopic (exact) mass is 614 g/mol. The summed E-state index contributed by atoms with van der Waals surface area (Å²) in [5.41, 5.74) is 4.34. The zero-order valence-electron chi connectivity index (χ0n) is 22.4. The Labute approximate surface area is 222 Å². The van der Waals surface area contributed by atoms with E-state index in [2.05, 4.69) is 24.4 Å². The summed E-state index contributed by atoms with van der Waals surface area (Å²) in [6.45, 7) is 16.8. The Morgan fingerprint density at radius 3 is 1.94 bits per heavy atom. The predicted molar refractivity (Wildman–Crippen MR) is 142 cm³/mol. The van der Waals surface area contributed by atoms with E-state index in [1.165, 1.54) is 6.92 Å². The lowest BCUT2D eigenvalue weighted by atomic mass is 10.1. The summed E-state index contributed by atoms with van der Waals surface area (Å²) >= 11 is 1.78. The van der Waals surface area contributed by atoms with E-state index in [-0.39, 0.29) is 24.2 Å². The normalized spacial score (nSPS) is 11.5. The van der Waals surface area contributed by atoms with Crippen molar-refractivity contribution < 1.29 is 28.3 Å². The van der Waals surface area contributed by atoms with Gasteiger partial charge in [-0.2, -0.15) is 0 Å². The van der Waals surface area contributed by atoms with E-state index in [0.29, 0.717) is 25.8 Å². The minimum atomic E-state index is -0.622. The summed E-state index contributed by atoms with van der Waals surface area (Å²) in [5.74, 6) is 0.551. The average Bonchev–Trinajstić information content (AvgIpc) is 3.21. The van der Waals surface area contributed by atoms with Gasteiger partial charge in [-0.15, -0.1) is 10.2 Å². The number of rotatable bonds is 8. The van der Waals surface area contributed by atoms with Crippen LogP contribution in [0.25, 0.3) is 0 Å². The highest BCUT2D eigenvalue weighted by atomic mass is 127. The number of carbonyl (C=O) groups is 3. The Morgan fingerprint density at radius 1 is 1.00 bits per heavy atom. The number of nitrogens with zero attached hydrogens (tertiary/aromatic N) is 2. The number of alkyl carbamates (subject to hydrolysis) is 2. The third-order valence-electron chi connectivity index (χ3n) is 3.37. The first kappa shape index (κ1) is 35.0. The molecule has 204 valence electrons. The molecule has 1 heterocycles. The molecule has 5 N–H and O–H groups in total. The minimum Gasteiger partial charge on any atom is -0.444 e. The standard InChI is InChI=1S/C18H33N5O5.C2H4INO.C2H6/c1-17(2,3)27-15(24)20-10-8-7-9-12(14-23-22-13(11-19)26-14)21-16(25)28-18(4,5)6;1-2(5)4-3;1-2/h12H,7-11,19H2,1-6H3,(H,20,24)(H,21,25);1H3,(H,4,5);1-2H3.